The summed E-state index contributed by atoms with van der Waals surface area (Å²) in [6.07, 6.45) is 0. The van der Waals surface area contributed by atoms with E-state index in [1.54, 1.807) is 6.07 Å². The third-order valence-electron chi connectivity index (χ3n) is 3.88. The van der Waals surface area contributed by atoms with Gasteiger partial charge in [0.2, 0.25) is 12.7 Å². The van der Waals surface area contributed by atoms with Crippen LogP contribution in [0.1, 0.15) is 18.1 Å². The molecule has 1 unspecified atom stereocenters. The summed E-state index contributed by atoms with van der Waals surface area (Å²) in [6, 6.07) is 9.19. The number of halogens is 2. The summed E-state index contributed by atoms with van der Waals surface area (Å²) < 4.78 is 10.7. The zero-order valence-corrected chi connectivity index (χ0v) is 16.1. The number of hydrogen-bond donors (Lipinski definition) is 1. The average molecular weight is 398 g/mol. The molecule has 0 saturated carbocycles. The van der Waals surface area contributed by atoms with Crippen molar-refractivity contribution in [1.29, 1.82) is 0 Å². The maximum Gasteiger partial charge on any atom is 0.237 e. The van der Waals surface area contributed by atoms with Gasteiger partial charge in [0.25, 0.3) is 0 Å². The quantitative estimate of drug-likeness (QED) is 0.744. The second-order valence-electron chi connectivity index (χ2n) is 5.67. The summed E-state index contributed by atoms with van der Waals surface area (Å²) in [7, 11) is 0. The molecule has 0 aliphatic carbocycles. The fraction of sp³-hybridized carbons (Fsp3) is 0.278. The second kappa shape index (κ2) is 7.77. The van der Waals surface area contributed by atoms with Crippen LogP contribution >= 0.6 is 35.0 Å². The predicted molar refractivity (Wildman–Crippen MR) is 103 cm³/mol. The molecule has 0 aromatic heterocycles. The Morgan fingerprint density at radius 2 is 2.08 bits per heavy atom. The molecule has 0 radical (unpaired) electrons. The fourth-order valence-electron chi connectivity index (χ4n) is 2.38. The minimum Gasteiger partial charge on any atom is -0.454 e. The van der Waals surface area contributed by atoms with E-state index in [9.17, 15) is 4.79 Å². The Hall–Kier alpha value is -1.56. The monoisotopic (exact) mass is 397 g/mol. The van der Waals surface area contributed by atoms with E-state index in [2.05, 4.69) is 5.32 Å². The highest BCUT2D eigenvalue weighted by Crippen LogP contribution is 2.40. The van der Waals surface area contributed by atoms with E-state index < -0.39 is 0 Å². The first kappa shape index (κ1) is 18.2. The van der Waals surface area contributed by atoms with Crippen molar-refractivity contribution in [2.24, 2.45) is 0 Å². The third-order valence-corrected chi connectivity index (χ3v) is 5.79. The summed E-state index contributed by atoms with van der Waals surface area (Å²) in [6.45, 7) is 3.93. The van der Waals surface area contributed by atoms with Crippen LogP contribution < -0.4 is 14.8 Å². The molecular formula is C18H17Cl2NO3S. The number of amides is 1. The fourth-order valence-corrected chi connectivity index (χ4v) is 3.66. The van der Waals surface area contributed by atoms with Gasteiger partial charge in [0.15, 0.2) is 11.5 Å². The number of fused-ring (bicyclic) bond motifs is 1. The number of thioether (sulfide) groups is 1. The zero-order valence-electron chi connectivity index (χ0n) is 13.8. The Bertz CT molecular complexity index is 813. The molecule has 132 valence electrons. The van der Waals surface area contributed by atoms with Gasteiger partial charge in [-0.3, -0.25) is 4.79 Å². The number of nitrogens with one attached hydrogen (secondary N) is 1. The maximum atomic E-state index is 12.4. The SMILES string of the molecule is Cc1c(Cl)cccc1NC(=O)C(C)SCc1cc(Cl)c2c(c1)OCO2. The minimum absolute atomic E-state index is 0.0674. The van der Waals surface area contributed by atoms with E-state index >= 15 is 0 Å². The molecule has 1 N–H and O–H groups in total. The number of benzene rings is 2. The lowest BCUT2D eigenvalue weighted by molar-refractivity contribution is -0.115. The first-order chi connectivity index (χ1) is 12.0. The number of carbonyl (C=O) groups excluding carboxylic acids is 1. The highest BCUT2D eigenvalue weighted by atomic mass is 35.5. The van der Waals surface area contributed by atoms with E-state index in [-0.39, 0.29) is 18.0 Å². The Morgan fingerprint density at radius 1 is 1.28 bits per heavy atom. The molecule has 1 amide bonds. The van der Waals surface area contributed by atoms with E-state index in [0.717, 1.165) is 16.8 Å². The highest BCUT2D eigenvalue weighted by Gasteiger charge is 2.20. The second-order valence-corrected chi connectivity index (χ2v) is 7.81. The summed E-state index contributed by atoms with van der Waals surface area (Å²) in [5.41, 5.74) is 2.58. The number of anilines is 1. The minimum atomic E-state index is -0.234. The number of ether oxygens (including phenoxy) is 2. The Morgan fingerprint density at radius 3 is 2.88 bits per heavy atom. The summed E-state index contributed by atoms with van der Waals surface area (Å²) in [5.74, 6) is 1.80. The standard InChI is InChI=1S/C18H17Cl2NO3S/c1-10-13(19)4-3-5-15(10)21-18(22)11(2)25-8-12-6-14(20)17-16(7-12)23-9-24-17/h3-7,11H,8-9H2,1-2H3,(H,21,22). The zero-order chi connectivity index (χ0) is 18.0. The molecule has 1 aliphatic rings. The molecule has 2 aromatic carbocycles. The van der Waals surface area contributed by atoms with Crippen molar-refractivity contribution in [1.82, 2.24) is 0 Å². The van der Waals surface area contributed by atoms with Gasteiger partial charge in [0.05, 0.1) is 10.3 Å². The van der Waals surface area contributed by atoms with Gasteiger partial charge in [-0.15, -0.1) is 11.8 Å². The highest BCUT2D eigenvalue weighted by molar-refractivity contribution is 7.99. The van der Waals surface area contributed by atoms with Crippen molar-refractivity contribution in [3.05, 3.63) is 51.5 Å². The van der Waals surface area contributed by atoms with Crippen LogP contribution in [0.4, 0.5) is 5.69 Å². The maximum absolute atomic E-state index is 12.4. The van der Waals surface area contributed by atoms with Gasteiger partial charge in [-0.2, -0.15) is 0 Å². The smallest absolute Gasteiger partial charge is 0.237 e. The largest absolute Gasteiger partial charge is 0.454 e. The van der Waals surface area contributed by atoms with Crippen LogP contribution in [-0.4, -0.2) is 18.0 Å². The number of rotatable bonds is 5. The van der Waals surface area contributed by atoms with Gasteiger partial charge < -0.3 is 14.8 Å². The molecule has 3 rings (SSSR count). The Labute approximate surface area is 160 Å². The van der Waals surface area contributed by atoms with Crippen LogP contribution in [0.2, 0.25) is 10.0 Å². The molecule has 25 heavy (non-hydrogen) atoms. The van der Waals surface area contributed by atoms with E-state index in [0.29, 0.717) is 27.3 Å². The van der Waals surface area contributed by atoms with E-state index in [1.807, 2.05) is 38.1 Å². The third kappa shape index (κ3) is 4.17. The summed E-state index contributed by atoms with van der Waals surface area (Å²) >= 11 is 13.8. The van der Waals surface area contributed by atoms with Gasteiger partial charge in [0, 0.05) is 16.5 Å². The van der Waals surface area contributed by atoms with Gasteiger partial charge in [-0.25, -0.2) is 0 Å². The normalized spacial score (nSPS) is 13.6. The van der Waals surface area contributed by atoms with E-state index in [1.165, 1.54) is 11.8 Å². The van der Waals surface area contributed by atoms with Crippen LogP contribution in [0, 0.1) is 6.92 Å². The predicted octanol–water partition coefficient (Wildman–Crippen LogP) is 5.29. The molecule has 0 spiro atoms. The Kier molecular flexibility index (Phi) is 5.67. The lowest BCUT2D eigenvalue weighted by atomic mass is 10.2. The molecule has 0 saturated heterocycles. The molecule has 1 aliphatic heterocycles. The van der Waals surface area contributed by atoms with Gasteiger partial charge >= 0.3 is 0 Å². The molecule has 0 bridgehead atoms. The summed E-state index contributed by atoms with van der Waals surface area (Å²) in [5, 5.41) is 3.85. The van der Waals surface area contributed by atoms with E-state index in [4.69, 9.17) is 32.7 Å². The van der Waals surface area contributed by atoms with Crippen LogP contribution in [0.25, 0.3) is 0 Å². The van der Waals surface area contributed by atoms with Gasteiger partial charge in [0.1, 0.15) is 0 Å². The molecule has 2 aromatic rings. The number of hydrogen-bond acceptors (Lipinski definition) is 4. The van der Waals surface area contributed by atoms with Crippen LogP contribution in [0.3, 0.4) is 0 Å². The lowest BCUT2D eigenvalue weighted by Gasteiger charge is -2.14. The first-order valence-corrected chi connectivity index (χ1v) is 9.52. The molecule has 0 fully saturated rings. The average Bonchev–Trinajstić information content (AvgIpc) is 3.06. The van der Waals surface area contributed by atoms with Crippen molar-refractivity contribution in [3.8, 4) is 11.5 Å². The molecule has 7 heteroatoms. The molecule has 4 nitrogen and oxygen atoms in total. The molecule has 1 atom stereocenters. The Balaban J connectivity index is 1.61. The van der Waals surface area contributed by atoms with Crippen LogP contribution in [0.5, 0.6) is 11.5 Å². The number of carbonyl (C=O) groups is 1. The van der Waals surface area contributed by atoms with Gasteiger partial charge in [-0.1, -0.05) is 29.3 Å². The first-order valence-electron chi connectivity index (χ1n) is 7.71. The van der Waals surface area contributed by atoms with Gasteiger partial charge in [-0.05, 0) is 49.2 Å². The van der Waals surface area contributed by atoms with Crippen molar-refractivity contribution in [2.75, 3.05) is 12.1 Å². The lowest BCUT2D eigenvalue weighted by Crippen LogP contribution is -2.23. The summed E-state index contributed by atoms with van der Waals surface area (Å²) in [4.78, 5) is 12.4. The van der Waals surface area contributed by atoms with Crippen molar-refractivity contribution < 1.29 is 14.3 Å². The van der Waals surface area contributed by atoms with Crippen molar-refractivity contribution in [3.63, 3.8) is 0 Å². The van der Waals surface area contributed by atoms with Crippen LogP contribution in [-0.2, 0) is 10.5 Å². The van der Waals surface area contributed by atoms with Crippen molar-refractivity contribution >= 4 is 46.6 Å². The van der Waals surface area contributed by atoms with Crippen molar-refractivity contribution in [2.45, 2.75) is 24.9 Å². The molecule has 1 heterocycles. The van der Waals surface area contributed by atoms with Crippen LogP contribution in [0.15, 0.2) is 30.3 Å². The topological polar surface area (TPSA) is 47.6 Å². The molecular weight excluding hydrogens is 381 g/mol.